The summed E-state index contributed by atoms with van der Waals surface area (Å²) in [4.78, 5) is 12.0. The first kappa shape index (κ1) is 12.9. The lowest BCUT2D eigenvalue weighted by Crippen LogP contribution is -2.23. The number of carbonyl (C=O) groups is 1. The van der Waals surface area contributed by atoms with Gasteiger partial charge in [-0.3, -0.25) is 4.79 Å². The van der Waals surface area contributed by atoms with Crippen LogP contribution in [0.25, 0.3) is 0 Å². The Morgan fingerprint density at radius 1 is 1.39 bits per heavy atom. The third kappa shape index (κ3) is 2.82. The molecule has 0 aliphatic rings. The minimum Gasteiger partial charge on any atom is -0.357 e. The average Bonchev–Trinajstić information content (AvgIpc) is 2.76. The molecule has 0 unspecified atom stereocenters. The highest BCUT2D eigenvalue weighted by molar-refractivity contribution is 9.10. The van der Waals surface area contributed by atoms with Crippen molar-refractivity contribution in [2.24, 2.45) is 7.05 Å². The van der Waals surface area contributed by atoms with Crippen LogP contribution in [-0.4, -0.2) is 10.5 Å². The molecule has 0 atom stereocenters. The Balaban J connectivity index is 2.06. The molecule has 0 radical (unpaired) electrons. The highest BCUT2D eigenvalue weighted by Gasteiger charge is 2.10. The quantitative estimate of drug-likeness (QED) is 0.929. The smallest absolute Gasteiger partial charge is 0.252 e. The van der Waals surface area contributed by atoms with E-state index in [4.69, 9.17) is 0 Å². The van der Waals surface area contributed by atoms with Crippen molar-refractivity contribution in [2.75, 3.05) is 0 Å². The summed E-state index contributed by atoms with van der Waals surface area (Å²) in [7, 11) is 1.96. The number of benzene rings is 1. The van der Waals surface area contributed by atoms with E-state index in [1.54, 1.807) is 0 Å². The lowest BCUT2D eigenvalue weighted by molar-refractivity contribution is 0.0950. The van der Waals surface area contributed by atoms with E-state index < -0.39 is 0 Å². The minimum atomic E-state index is -0.0607. The van der Waals surface area contributed by atoms with Crippen molar-refractivity contribution in [2.45, 2.75) is 13.5 Å². The number of carbonyl (C=O) groups excluding carboxylic acids is 1. The number of amides is 1. The maximum Gasteiger partial charge on any atom is 0.252 e. The van der Waals surface area contributed by atoms with E-state index in [-0.39, 0.29) is 5.91 Å². The van der Waals surface area contributed by atoms with Crippen molar-refractivity contribution >= 4 is 21.8 Å². The zero-order chi connectivity index (χ0) is 13.1. The van der Waals surface area contributed by atoms with Gasteiger partial charge in [-0.15, -0.1) is 0 Å². The summed E-state index contributed by atoms with van der Waals surface area (Å²) in [5, 5.41) is 2.91. The summed E-state index contributed by atoms with van der Waals surface area (Å²) >= 11 is 3.45. The number of aryl methyl sites for hydroxylation is 2. The highest BCUT2D eigenvalue weighted by Crippen LogP contribution is 2.20. The highest BCUT2D eigenvalue weighted by atomic mass is 79.9. The Morgan fingerprint density at radius 3 is 2.83 bits per heavy atom. The van der Waals surface area contributed by atoms with E-state index in [1.807, 2.05) is 55.2 Å². The first-order valence-electron chi connectivity index (χ1n) is 5.72. The van der Waals surface area contributed by atoms with Gasteiger partial charge < -0.3 is 9.88 Å². The Morgan fingerprint density at radius 2 is 2.17 bits per heavy atom. The Kier molecular flexibility index (Phi) is 3.87. The van der Waals surface area contributed by atoms with Crippen molar-refractivity contribution in [1.82, 2.24) is 9.88 Å². The summed E-state index contributed by atoms with van der Waals surface area (Å²) in [6.45, 7) is 2.51. The molecule has 18 heavy (non-hydrogen) atoms. The van der Waals surface area contributed by atoms with E-state index in [0.29, 0.717) is 12.1 Å². The standard InChI is InChI=1S/C14H15BrN2O/c1-10-4-3-5-12(13(10)15)14(18)16-8-11-6-7-17(2)9-11/h3-7,9H,8H2,1-2H3,(H,16,18). The molecule has 1 N–H and O–H groups in total. The normalized spacial score (nSPS) is 10.4. The molecule has 0 spiro atoms. The van der Waals surface area contributed by atoms with Gasteiger partial charge >= 0.3 is 0 Å². The topological polar surface area (TPSA) is 34.0 Å². The molecule has 0 bridgehead atoms. The monoisotopic (exact) mass is 306 g/mol. The molecule has 0 saturated carbocycles. The van der Waals surface area contributed by atoms with Gasteiger partial charge in [0.25, 0.3) is 5.91 Å². The molecule has 1 amide bonds. The predicted molar refractivity (Wildman–Crippen MR) is 75.5 cm³/mol. The zero-order valence-electron chi connectivity index (χ0n) is 10.4. The molecule has 1 heterocycles. The fourth-order valence-electron chi connectivity index (χ4n) is 1.77. The van der Waals surface area contributed by atoms with Gasteiger partial charge in [-0.2, -0.15) is 0 Å². The van der Waals surface area contributed by atoms with Crippen LogP contribution >= 0.6 is 15.9 Å². The van der Waals surface area contributed by atoms with E-state index in [1.165, 1.54) is 0 Å². The van der Waals surface area contributed by atoms with Crippen LogP contribution in [0.2, 0.25) is 0 Å². The van der Waals surface area contributed by atoms with Crippen LogP contribution in [0.3, 0.4) is 0 Å². The van der Waals surface area contributed by atoms with Crippen molar-refractivity contribution in [1.29, 1.82) is 0 Å². The maximum atomic E-state index is 12.0. The lowest BCUT2D eigenvalue weighted by Gasteiger charge is -2.07. The number of hydrogen-bond donors (Lipinski definition) is 1. The van der Waals surface area contributed by atoms with Crippen LogP contribution in [0, 0.1) is 6.92 Å². The lowest BCUT2D eigenvalue weighted by atomic mass is 10.1. The summed E-state index contributed by atoms with van der Waals surface area (Å²) in [5.41, 5.74) is 2.82. The first-order chi connectivity index (χ1) is 8.58. The molecule has 2 aromatic rings. The van der Waals surface area contributed by atoms with Gasteiger partial charge in [0.1, 0.15) is 0 Å². The number of nitrogens with zero attached hydrogens (tertiary/aromatic N) is 1. The third-order valence-electron chi connectivity index (χ3n) is 2.78. The zero-order valence-corrected chi connectivity index (χ0v) is 12.0. The van der Waals surface area contributed by atoms with Gasteiger partial charge in [0.15, 0.2) is 0 Å². The number of rotatable bonds is 3. The second-order valence-corrected chi connectivity index (χ2v) is 5.10. The minimum absolute atomic E-state index is 0.0607. The van der Waals surface area contributed by atoms with E-state index in [9.17, 15) is 4.79 Å². The average molecular weight is 307 g/mol. The van der Waals surface area contributed by atoms with Crippen LogP contribution in [0.5, 0.6) is 0 Å². The molecule has 94 valence electrons. The molecule has 0 aliphatic carbocycles. The van der Waals surface area contributed by atoms with E-state index in [2.05, 4.69) is 21.2 Å². The fourth-order valence-corrected chi connectivity index (χ4v) is 2.21. The summed E-state index contributed by atoms with van der Waals surface area (Å²) in [5.74, 6) is -0.0607. The Labute approximate surface area is 115 Å². The van der Waals surface area contributed by atoms with Gasteiger partial charge in [0.05, 0.1) is 5.56 Å². The van der Waals surface area contributed by atoms with Gasteiger partial charge in [0.2, 0.25) is 0 Å². The molecule has 2 rings (SSSR count). The molecule has 0 aliphatic heterocycles. The predicted octanol–water partition coefficient (Wildman–Crippen LogP) is 3.03. The van der Waals surface area contributed by atoms with Gasteiger partial charge in [-0.05, 0) is 46.1 Å². The second kappa shape index (κ2) is 5.40. The Hall–Kier alpha value is -1.55. The van der Waals surface area contributed by atoms with Gasteiger partial charge in [0, 0.05) is 30.5 Å². The number of hydrogen-bond acceptors (Lipinski definition) is 1. The van der Waals surface area contributed by atoms with Crippen molar-refractivity contribution in [3.63, 3.8) is 0 Å². The Bertz CT molecular complexity index is 575. The molecular formula is C14H15BrN2O. The van der Waals surface area contributed by atoms with Gasteiger partial charge in [-0.25, -0.2) is 0 Å². The van der Waals surface area contributed by atoms with Crippen LogP contribution < -0.4 is 5.32 Å². The largest absolute Gasteiger partial charge is 0.357 e. The van der Waals surface area contributed by atoms with Crippen LogP contribution in [0.15, 0.2) is 41.1 Å². The molecule has 0 fully saturated rings. The third-order valence-corrected chi connectivity index (χ3v) is 3.84. The van der Waals surface area contributed by atoms with Crippen molar-refractivity contribution in [3.8, 4) is 0 Å². The number of aromatic nitrogens is 1. The molecular weight excluding hydrogens is 292 g/mol. The number of nitrogens with one attached hydrogen (secondary N) is 1. The SMILES string of the molecule is Cc1cccc(C(=O)NCc2ccn(C)c2)c1Br. The second-order valence-electron chi connectivity index (χ2n) is 4.30. The molecule has 1 aromatic carbocycles. The summed E-state index contributed by atoms with van der Waals surface area (Å²) in [6, 6.07) is 7.67. The molecule has 3 nitrogen and oxygen atoms in total. The van der Waals surface area contributed by atoms with Gasteiger partial charge in [-0.1, -0.05) is 12.1 Å². The number of halogens is 1. The van der Waals surface area contributed by atoms with Crippen LogP contribution in [0.4, 0.5) is 0 Å². The summed E-state index contributed by atoms with van der Waals surface area (Å²) < 4.78 is 2.82. The van der Waals surface area contributed by atoms with Crippen molar-refractivity contribution in [3.05, 3.63) is 57.8 Å². The van der Waals surface area contributed by atoms with Crippen LogP contribution in [0.1, 0.15) is 21.5 Å². The van der Waals surface area contributed by atoms with E-state index >= 15 is 0 Å². The molecule has 1 aromatic heterocycles. The maximum absolute atomic E-state index is 12.0. The van der Waals surface area contributed by atoms with Crippen molar-refractivity contribution < 1.29 is 4.79 Å². The summed E-state index contributed by atoms with van der Waals surface area (Å²) in [6.07, 6.45) is 3.95. The van der Waals surface area contributed by atoms with Crippen LogP contribution in [-0.2, 0) is 13.6 Å². The molecule has 0 saturated heterocycles. The fraction of sp³-hybridized carbons (Fsp3) is 0.214. The first-order valence-corrected chi connectivity index (χ1v) is 6.51. The van der Waals surface area contributed by atoms with E-state index in [0.717, 1.165) is 15.6 Å². The molecule has 4 heteroatoms.